The number of carbonyl (C=O) groups excluding carboxylic acids is 1. The van der Waals surface area contributed by atoms with E-state index in [0.29, 0.717) is 18.6 Å². The number of benzene rings is 2. The fraction of sp³-hybridized carbons (Fsp3) is 0.517. The molecule has 0 aliphatic carbocycles. The van der Waals surface area contributed by atoms with Gasteiger partial charge in [-0.2, -0.15) is 39.5 Å². The molecule has 18 heteroatoms. The highest BCUT2D eigenvalue weighted by molar-refractivity contribution is 5.91. The highest BCUT2D eigenvalue weighted by Crippen LogP contribution is 2.45. The molecule has 9 nitrogen and oxygen atoms in total. The largest absolute Gasteiger partial charge is 0.446 e. The van der Waals surface area contributed by atoms with Gasteiger partial charge in [0.1, 0.15) is 6.54 Å². The fourth-order valence-electron chi connectivity index (χ4n) is 5.20. The summed E-state index contributed by atoms with van der Waals surface area (Å²) in [5, 5.41) is 7.50. The van der Waals surface area contributed by atoms with E-state index in [1.807, 2.05) is 0 Å². The molecule has 0 spiro atoms. The van der Waals surface area contributed by atoms with Crippen LogP contribution in [-0.2, 0) is 29.8 Å². The van der Waals surface area contributed by atoms with E-state index in [1.165, 1.54) is 10.3 Å². The number of rotatable bonds is 9. The molecule has 0 bridgehead atoms. The number of ether oxygens (including phenoxy) is 1. The molecular formula is C29H35F9N7O2+. The number of nitrogens with zero attached hydrogens (tertiary/aromatic N) is 4. The molecule has 1 aliphatic rings. The van der Waals surface area contributed by atoms with Crippen LogP contribution in [0.2, 0.25) is 0 Å². The number of quaternary nitrogens is 1. The van der Waals surface area contributed by atoms with Gasteiger partial charge in [-0.25, -0.2) is 15.8 Å². The first-order chi connectivity index (χ1) is 21.8. The van der Waals surface area contributed by atoms with Gasteiger partial charge in [0.15, 0.2) is 0 Å². The molecule has 2 aromatic rings. The number of guanidine groups is 1. The van der Waals surface area contributed by atoms with Crippen LogP contribution in [0.25, 0.3) is 0 Å². The molecule has 260 valence electrons. The summed E-state index contributed by atoms with van der Waals surface area (Å²) in [6.45, 7) is 4.58. The summed E-state index contributed by atoms with van der Waals surface area (Å²) in [7, 11) is 0. The monoisotopic (exact) mass is 684 g/mol. The van der Waals surface area contributed by atoms with E-state index in [2.05, 4.69) is 10.2 Å². The zero-order valence-corrected chi connectivity index (χ0v) is 25.6. The first-order valence-corrected chi connectivity index (χ1v) is 14.5. The molecule has 47 heavy (non-hydrogen) atoms. The number of hydrogen-bond donors (Lipinski definition) is 3. The van der Waals surface area contributed by atoms with Crippen LogP contribution in [0.4, 0.5) is 50.0 Å². The van der Waals surface area contributed by atoms with Crippen molar-refractivity contribution in [3.8, 4) is 0 Å². The van der Waals surface area contributed by atoms with Crippen molar-refractivity contribution >= 4 is 17.7 Å². The van der Waals surface area contributed by atoms with Gasteiger partial charge in [0.05, 0.1) is 34.5 Å². The third-order valence-electron chi connectivity index (χ3n) is 7.32. The van der Waals surface area contributed by atoms with Crippen molar-refractivity contribution in [1.82, 2.24) is 4.90 Å². The van der Waals surface area contributed by atoms with Crippen molar-refractivity contribution in [3.05, 3.63) is 64.2 Å². The molecular weight excluding hydrogens is 649 g/mol. The second kappa shape index (κ2) is 14.9. The number of halogens is 9. The highest BCUT2D eigenvalue weighted by Gasteiger charge is 2.43. The van der Waals surface area contributed by atoms with Crippen molar-refractivity contribution in [2.45, 2.75) is 83.3 Å². The molecule has 2 aromatic carbocycles. The smallest absolute Gasteiger partial charge is 0.416 e. The van der Waals surface area contributed by atoms with Gasteiger partial charge in [-0.05, 0) is 85.9 Å². The van der Waals surface area contributed by atoms with Crippen LogP contribution >= 0.6 is 0 Å². The number of nitrogens with one attached hydrogen (secondary N) is 1. The van der Waals surface area contributed by atoms with E-state index in [0.717, 1.165) is 23.1 Å². The lowest BCUT2D eigenvalue weighted by Gasteiger charge is -2.44. The van der Waals surface area contributed by atoms with E-state index >= 15 is 0 Å². The summed E-state index contributed by atoms with van der Waals surface area (Å²) in [6, 6.07) is 1.49. The highest BCUT2D eigenvalue weighted by atomic mass is 19.4. The Morgan fingerprint density at radius 3 is 2.11 bits per heavy atom. The average molecular weight is 685 g/mol. The lowest BCUT2D eigenvalue weighted by molar-refractivity contribution is -0.661. The van der Waals surface area contributed by atoms with Gasteiger partial charge >= 0.3 is 24.6 Å². The molecule has 1 amide bonds. The van der Waals surface area contributed by atoms with Crippen molar-refractivity contribution in [1.29, 1.82) is 5.53 Å². The summed E-state index contributed by atoms with van der Waals surface area (Å²) in [5.41, 5.74) is 9.60. The Balaban J connectivity index is 2.31. The number of nitrogens with two attached hydrogens (primary N) is 2. The number of amides is 1. The van der Waals surface area contributed by atoms with Crippen LogP contribution in [0.1, 0.15) is 73.9 Å². The molecule has 0 saturated heterocycles. The zero-order valence-electron chi connectivity index (χ0n) is 25.6. The molecule has 3 rings (SSSR count). The quantitative estimate of drug-likeness (QED) is 0.0499. The van der Waals surface area contributed by atoms with Crippen molar-refractivity contribution in [3.63, 3.8) is 0 Å². The van der Waals surface area contributed by atoms with Gasteiger partial charge in [-0.15, -0.1) is 5.11 Å². The van der Waals surface area contributed by atoms with Crippen molar-refractivity contribution in [2.24, 2.45) is 15.9 Å². The second-order valence-electron chi connectivity index (χ2n) is 11.1. The van der Waals surface area contributed by atoms with Crippen LogP contribution in [0.5, 0.6) is 0 Å². The predicted molar refractivity (Wildman–Crippen MR) is 152 cm³/mol. The van der Waals surface area contributed by atoms with Crippen LogP contribution in [-0.4, -0.2) is 42.2 Å². The summed E-state index contributed by atoms with van der Waals surface area (Å²) in [4.78, 5) is 15.5. The maximum Gasteiger partial charge on any atom is 0.416 e. The van der Waals surface area contributed by atoms with Gasteiger partial charge in [0.25, 0.3) is 5.96 Å². The molecule has 2 unspecified atom stereocenters. The first kappa shape index (κ1) is 37.5. The molecule has 0 radical (unpaired) electrons. The molecule has 0 fully saturated rings. The Labute approximate surface area is 264 Å². The van der Waals surface area contributed by atoms with Crippen LogP contribution in [0.15, 0.2) is 46.6 Å². The Bertz CT molecular complexity index is 1410. The summed E-state index contributed by atoms with van der Waals surface area (Å²) in [5.74, 6) is -0.491. The van der Waals surface area contributed by atoms with Crippen LogP contribution < -0.4 is 16.1 Å². The minimum absolute atomic E-state index is 0.0202. The lowest BCUT2D eigenvalue weighted by atomic mass is 9.87. The third-order valence-corrected chi connectivity index (χ3v) is 7.32. The normalized spacial score (nSPS) is 17.5. The number of fused-ring (bicyclic) bond motifs is 1. The SMILES string of the molecule is CCC1CC(N(Cc2cc(C(F)(F)F)cc(C(F)(F)F)c2)C(N=N)=N[NH2+]CCCN)c2cc(C(F)(F)F)ccc2N1C(=O)OC(C)C. The average Bonchev–Trinajstić information content (AvgIpc) is 2.97. The molecule has 0 aromatic heterocycles. The van der Waals surface area contributed by atoms with Gasteiger partial charge < -0.3 is 15.4 Å². The number of alkyl halides is 9. The van der Waals surface area contributed by atoms with Crippen LogP contribution in [0.3, 0.4) is 0 Å². The van der Waals surface area contributed by atoms with Gasteiger partial charge in [-0.1, -0.05) is 6.92 Å². The van der Waals surface area contributed by atoms with Gasteiger partial charge in [0, 0.05) is 19.0 Å². The van der Waals surface area contributed by atoms with E-state index < -0.39 is 77.6 Å². The van der Waals surface area contributed by atoms with E-state index in [9.17, 15) is 44.3 Å². The number of hydrogen-bond acceptors (Lipinski definition) is 5. The zero-order chi connectivity index (χ0) is 35.3. The Hall–Kier alpha value is -3.93. The summed E-state index contributed by atoms with van der Waals surface area (Å²) in [6.07, 6.45) is -16.2. The number of carbonyl (C=O) groups is 1. The molecule has 0 saturated carbocycles. The third kappa shape index (κ3) is 9.33. The Kier molecular flexibility index (Phi) is 11.9. The Morgan fingerprint density at radius 1 is 1.02 bits per heavy atom. The Morgan fingerprint density at radius 2 is 1.62 bits per heavy atom. The van der Waals surface area contributed by atoms with Crippen molar-refractivity contribution in [2.75, 3.05) is 18.0 Å². The molecule has 5 N–H and O–H groups in total. The lowest BCUT2D eigenvalue weighted by Crippen LogP contribution is -2.79. The first-order valence-electron chi connectivity index (χ1n) is 14.5. The fourth-order valence-corrected chi connectivity index (χ4v) is 5.20. The van der Waals surface area contributed by atoms with Gasteiger partial charge in [-0.3, -0.25) is 4.90 Å². The molecule has 1 heterocycles. The topological polar surface area (TPSA) is 124 Å². The standard InChI is InChI=1S/C29H34F9N7O2/c1-4-21-14-24(22-13-18(27(30,31)32)6-7-23(22)45(21)26(46)47-16(2)3)44(25(42-40)43-41-9-5-8-39)15-17-10-19(28(33,34)35)12-20(11-17)29(36,37)38/h6-7,10-13,16,21,24,40-41H,4-5,8-9,14-15,39H2,1-3H3/p+1. The molecule has 2 atom stereocenters. The van der Waals surface area contributed by atoms with E-state index in [1.54, 1.807) is 20.8 Å². The second-order valence-corrected chi connectivity index (χ2v) is 11.1. The minimum Gasteiger partial charge on any atom is -0.446 e. The summed E-state index contributed by atoms with van der Waals surface area (Å²) >= 11 is 0. The maximum atomic E-state index is 14.0. The van der Waals surface area contributed by atoms with Crippen LogP contribution in [0, 0.1) is 5.53 Å². The number of anilines is 1. The predicted octanol–water partition coefficient (Wildman–Crippen LogP) is 7.03. The van der Waals surface area contributed by atoms with E-state index in [4.69, 9.17) is 16.0 Å². The molecule has 1 aliphatic heterocycles. The maximum absolute atomic E-state index is 14.0. The summed E-state index contributed by atoms with van der Waals surface area (Å²) < 4.78 is 130. The minimum atomic E-state index is -5.17. The van der Waals surface area contributed by atoms with Crippen molar-refractivity contribution < 1.29 is 54.5 Å². The van der Waals surface area contributed by atoms with E-state index in [-0.39, 0.29) is 43.2 Å². The van der Waals surface area contributed by atoms with Gasteiger partial charge in [0.2, 0.25) is 0 Å².